The Bertz CT molecular complexity index is 655. The number of nitrogens with zero attached hydrogens (tertiary/aromatic N) is 1. The summed E-state index contributed by atoms with van der Waals surface area (Å²) in [4.78, 5) is 1.97. The Morgan fingerprint density at radius 1 is 1.20 bits per heavy atom. The first-order valence-electron chi connectivity index (χ1n) is 6.43. The summed E-state index contributed by atoms with van der Waals surface area (Å²) >= 11 is 1.78. The zero-order chi connectivity index (χ0) is 14.1. The Hall–Kier alpha value is -1.46. The lowest BCUT2D eigenvalue weighted by Gasteiger charge is -2.29. The molecule has 2 aromatic rings. The summed E-state index contributed by atoms with van der Waals surface area (Å²) in [5, 5.41) is 0. The molecule has 0 aliphatic carbocycles. The number of thioether (sulfide) groups is 1. The van der Waals surface area contributed by atoms with E-state index in [0.717, 1.165) is 27.8 Å². The average Bonchev–Trinajstić information content (AvgIpc) is 2.46. The topological polar surface area (TPSA) is 46.3 Å². The highest BCUT2D eigenvalue weighted by Gasteiger charge is 2.23. The maximum Gasteiger partial charge on any atom is 0.152 e. The second-order valence-electron chi connectivity index (χ2n) is 4.74. The van der Waals surface area contributed by atoms with Gasteiger partial charge in [0.25, 0.3) is 0 Å². The summed E-state index contributed by atoms with van der Waals surface area (Å²) in [7, 11) is -1.18. The van der Waals surface area contributed by atoms with Gasteiger partial charge in [-0.25, -0.2) is 4.21 Å². The summed E-state index contributed by atoms with van der Waals surface area (Å²) in [5.74, 6) is 0.939. The van der Waals surface area contributed by atoms with Crippen LogP contribution in [0.5, 0.6) is 0 Å². The average molecular weight is 304 g/mol. The van der Waals surface area contributed by atoms with Gasteiger partial charge in [0.1, 0.15) is 0 Å². The molecule has 1 atom stereocenters. The highest BCUT2D eigenvalue weighted by atomic mass is 32.2. The quantitative estimate of drug-likeness (QED) is 0.867. The van der Waals surface area contributed by atoms with Crippen molar-refractivity contribution in [3.8, 4) is 0 Å². The molecule has 1 aliphatic heterocycles. The zero-order valence-electron chi connectivity index (χ0n) is 11.2. The number of hydrogen-bond donors (Lipinski definition) is 1. The SMILES string of the molecule is Cc1ccc(S(=O)N2CCSc3ccc(N)cc32)cc1. The van der Waals surface area contributed by atoms with Gasteiger partial charge in [0.2, 0.25) is 0 Å². The van der Waals surface area contributed by atoms with Crippen LogP contribution in [0.2, 0.25) is 0 Å². The highest BCUT2D eigenvalue weighted by Crippen LogP contribution is 2.37. The standard InChI is InChI=1S/C15H16N2OS2/c1-11-2-5-13(6-3-11)20(18)17-8-9-19-15-7-4-12(16)10-14(15)17/h2-7,10H,8-9,16H2,1H3. The van der Waals surface area contributed by atoms with E-state index in [2.05, 4.69) is 0 Å². The van der Waals surface area contributed by atoms with Gasteiger partial charge >= 0.3 is 0 Å². The third kappa shape index (κ3) is 2.55. The van der Waals surface area contributed by atoms with Crippen LogP contribution in [0.1, 0.15) is 5.56 Å². The maximum absolute atomic E-state index is 12.8. The fraction of sp³-hybridized carbons (Fsp3) is 0.200. The Balaban J connectivity index is 1.97. The summed E-state index contributed by atoms with van der Waals surface area (Å²) < 4.78 is 14.7. The molecule has 2 N–H and O–H groups in total. The van der Waals surface area contributed by atoms with Gasteiger partial charge in [-0.15, -0.1) is 11.8 Å². The molecule has 2 aromatic carbocycles. The van der Waals surface area contributed by atoms with Crippen molar-refractivity contribution in [3.63, 3.8) is 0 Å². The molecule has 0 bridgehead atoms. The maximum atomic E-state index is 12.8. The third-order valence-corrected chi connectivity index (χ3v) is 5.72. The molecule has 0 fully saturated rings. The number of rotatable bonds is 2. The molecule has 20 heavy (non-hydrogen) atoms. The van der Waals surface area contributed by atoms with Crippen molar-refractivity contribution in [2.24, 2.45) is 0 Å². The molecule has 3 nitrogen and oxygen atoms in total. The largest absolute Gasteiger partial charge is 0.399 e. The Morgan fingerprint density at radius 2 is 1.95 bits per heavy atom. The molecule has 0 saturated heterocycles. The summed E-state index contributed by atoms with van der Waals surface area (Å²) in [6, 6.07) is 13.7. The van der Waals surface area contributed by atoms with Gasteiger partial charge in [0.15, 0.2) is 11.0 Å². The fourth-order valence-corrected chi connectivity index (χ4v) is 4.52. The van der Waals surface area contributed by atoms with Crippen molar-refractivity contribution >= 4 is 34.1 Å². The van der Waals surface area contributed by atoms with Crippen LogP contribution in [0.4, 0.5) is 11.4 Å². The van der Waals surface area contributed by atoms with E-state index >= 15 is 0 Å². The molecule has 104 valence electrons. The number of hydrogen-bond acceptors (Lipinski definition) is 3. The third-order valence-electron chi connectivity index (χ3n) is 3.23. The van der Waals surface area contributed by atoms with E-state index in [4.69, 9.17) is 5.73 Å². The zero-order valence-corrected chi connectivity index (χ0v) is 12.8. The molecular formula is C15H16N2OS2. The van der Waals surface area contributed by atoms with Crippen LogP contribution < -0.4 is 10.0 Å². The number of fused-ring (bicyclic) bond motifs is 1. The van der Waals surface area contributed by atoms with E-state index in [1.165, 1.54) is 5.56 Å². The van der Waals surface area contributed by atoms with Crippen LogP contribution in [-0.2, 0) is 11.0 Å². The van der Waals surface area contributed by atoms with Crippen molar-refractivity contribution in [3.05, 3.63) is 48.0 Å². The lowest BCUT2D eigenvalue weighted by Crippen LogP contribution is -2.31. The van der Waals surface area contributed by atoms with Crippen LogP contribution in [-0.4, -0.2) is 16.5 Å². The van der Waals surface area contributed by atoms with Crippen LogP contribution in [0, 0.1) is 6.92 Å². The molecule has 1 unspecified atom stereocenters. The molecule has 0 aromatic heterocycles. The van der Waals surface area contributed by atoms with Gasteiger partial charge in [-0.05, 0) is 37.3 Å². The number of nitrogen functional groups attached to an aromatic ring is 1. The fourth-order valence-electron chi connectivity index (χ4n) is 2.16. The van der Waals surface area contributed by atoms with Crippen LogP contribution in [0.15, 0.2) is 52.3 Å². The van der Waals surface area contributed by atoms with E-state index in [-0.39, 0.29) is 0 Å². The van der Waals surface area contributed by atoms with Crippen molar-refractivity contribution in [2.75, 3.05) is 22.3 Å². The second-order valence-corrected chi connectivity index (χ2v) is 7.29. The monoisotopic (exact) mass is 304 g/mol. The Morgan fingerprint density at radius 3 is 2.70 bits per heavy atom. The molecular weight excluding hydrogens is 288 g/mol. The molecule has 1 heterocycles. The van der Waals surface area contributed by atoms with Crippen molar-refractivity contribution in [2.45, 2.75) is 16.7 Å². The normalized spacial score (nSPS) is 15.8. The smallest absolute Gasteiger partial charge is 0.152 e. The predicted molar refractivity (Wildman–Crippen MR) is 86.5 cm³/mol. The minimum atomic E-state index is -1.18. The number of nitrogens with two attached hydrogens (primary N) is 1. The molecule has 0 spiro atoms. The van der Waals surface area contributed by atoms with E-state index in [9.17, 15) is 4.21 Å². The molecule has 1 aliphatic rings. The minimum Gasteiger partial charge on any atom is -0.399 e. The predicted octanol–water partition coefficient (Wildman–Crippen LogP) is 3.21. The lowest BCUT2D eigenvalue weighted by molar-refractivity contribution is 0.679. The van der Waals surface area contributed by atoms with Gasteiger partial charge in [0.05, 0.1) is 10.6 Å². The number of benzene rings is 2. The number of anilines is 2. The van der Waals surface area contributed by atoms with Crippen molar-refractivity contribution in [1.82, 2.24) is 0 Å². The minimum absolute atomic E-state index is 0.706. The van der Waals surface area contributed by atoms with Crippen LogP contribution >= 0.6 is 11.8 Å². The molecule has 0 amide bonds. The first-order chi connectivity index (χ1) is 9.65. The highest BCUT2D eigenvalue weighted by molar-refractivity contribution is 7.99. The van der Waals surface area contributed by atoms with Gasteiger partial charge in [-0.3, -0.25) is 4.31 Å². The first-order valence-corrected chi connectivity index (χ1v) is 8.53. The molecule has 0 radical (unpaired) electrons. The van der Waals surface area contributed by atoms with Crippen molar-refractivity contribution < 1.29 is 4.21 Å². The van der Waals surface area contributed by atoms with Crippen molar-refractivity contribution in [1.29, 1.82) is 0 Å². The summed E-state index contributed by atoms with van der Waals surface area (Å²) in [6.45, 7) is 2.79. The van der Waals surface area contributed by atoms with E-state index < -0.39 is 11.0 Å². The summed E-state index contributed by atoms with van der Waals surface area (Å²) in [6.07, 6.45) is 0. The molecule has 3 rings (SSSR count). The van der Waals surface area contributed by atoms with Gasteiger partial charge < -0.3 is 5.73 Å². The number of aryl methyl sites for hydroxylation is 1. The van der Waals surface area contributed by atoms with E-state index in [1.807, 2.05) is 53.7 Å². The van der Waals surface area contributed by atoms with E-state index in [0.29, 0.717) is 5.69 Å². The second kappa shape index (κ2) is 5.50. The first kappa shape index (κ1) is 13.5. The van der Waals surface area contributed by atoms with Crippen LogP contribution in [0.25, 0.3) is 0 Å². The lowest BCUT2D eigenvalue weighted by atomic mass is 10.2. The Labute approximate surface area is 125 Å². The van der Waals surface area contributed by atoms with E-state index in [1.54, 1.807) is 11.8 Å². The molecule has 0 saturated carbocycles. The van der Waals surface area contributed by atoms with Crippen LogP contribution in [0.3, 0.4) is 0 Å². The Kier molecular flexibility index (Phi) is 3.72. The van der Waals surface area contributed by atoms with Gasteiger partial charge in [0, 0.05) is 22.9 Å². The summed E-state index contributed by atoms with van der Waals surface area (Å²) in [5.41, 5.74) is 8.72. The molecule has 5 heteroatoms. The van der Waals surface area contributed by atoms with Gasteiger partial charge in [-0.2, -0.15) is 0 Å². The van der Waals surface area contributed by atoms with Gasteiger partial charge in [-0.1, -0.05) is 17.7 Å².